The Hall–Kier alpha value is -7.28. The Morgan fingerprint density at radius 3 is 1.62 bits per heavy atom. The van der Waals surface area contributed by atoms with Crippen LogP contribution in [-0.2, 0) is 17.3 Å². The minimum Gasteiger partial charge on any atom is -0.0622 e. The van der Waals surface area contributed by atoms with Crippen molar-refractivity contribution in [2.75, 3.05) is 0 Å². The zero-order valence-electron chi connectivity index (χ0n) is 34.6. The first-order valence-corrected chi connectivity index (χ1v) is 21.6. The Morgan fingerprint density at radius 2 is 0.918 bits per heavy atom. The molecule has 0 aromatic heterocycles. The van der Waals surface area contributed by atoms with Crippen molar-refractivity contribution in [3.05, 3.63) is 275 Å². The molecule has 2 aliphatic rings. The van der Waals surface area contributed by atoms with E-state index in [-0.39, 0.29) is 5.41 Å². The summed E-state index contributed by atoms with van der Waals surface area (Å²) in [6.07, 6.45) is 3.21. The Bertz CT molecular complexity index is 3050. The Balaban J connectivity index is 1.08. The first kappa shape index (κ1) is 36.8. The molecule has 0 heteroatoms. The van der Waals surface area contributed by atoms with Gasteiger partial charge in [0.05, 0.1) is 5.41 Å². The molecule has 11 rings (SSSR count). The molecule has 2 aliphatic carbocycles. The molecular formula is C61H46. The molecule has 0 fully saturated rings. The molecule has 0 atom stereocenters. The van der Waals surface area contributed by atoms with Crippen LogP contribution in [-0.4, -0.2) is 0 Å². The van der Waals surface area contributed by atoms with Crippen LogP contribution in [0.4, 0.5) is 0 Å². The van der Waals surface area contributed by atoms with Gasteiger partial charge in [0, 0.05) is 5.41 Å². The molecule has 0 heterocycles. The van der Waals surface area contributed by atoms with E-state index in [9.17, 15) is 0 Å². The van der Waals surface area contributed by atoms with Crippen molar-refractivity contribution < 1.29 is 0 Å². The van der Waals surface area contributed by atoms with Crippen LogP contribution in [0.15, 0.2) is 224 Å². The van der Waals surface area contributed by atoms with Gasteiger partial charge in [-0.15, -0.1) is 0 Å². The van der Waals surface area contributed by atoms with Crippen molar-refractivity contribution in [1.29, 1.82) is 0 Å². The van der Waals surface area contributed by atoms with Crippen molar-refractivity contribution in [2.45, 2.75) is 31.1 Å². The molecule has 61 heavy (non-hydrogen) atoms. The lowest BCUT2D eigenvalue weighted by atomic mass is 9.67. The second-order valence-electron chi connectivity index (χ2n) is 17.2. The molecule has 0 bridgehead atoms. The third-order valence-corrected chi connectivity index (χ3v) is 13.5. The lowest BCUT2D eigenvalue weighted by molar-refractivity contribution is 0.660. The predicted octanol–water partition coefficient (Wildman–Crippen LogP) is 15.5. The maximum Gasteiger partial charge on any atom is 0.0713 e. The second kappa shape index (κ2) is 14.8. The minimum absolute atomic E-state index is 0.0709. The predicted molar refractivity (Wildman–Crippen MR) is 257 cm³/mol. The van der Waals surface area contributed by atoms with Gasteiger partial charge in [-0.2, -0.15) is 0 Å². The average Bonchev–Trinajstić information content (AvgIpc) is 3.75. The fourth-order valence-electron chi connectivity index (χ4n) is 10.6. The Labute approximate surface area is 360 Å². The molecule has 0 amide bonds. The molecule has 0 unspecified atom stereocenters. The maximum atomic E-state index is 2.44. The standard InChI is InChI=1S/C61H46/c1-60(2)55-30-16-14-27-51(55)52-38-33-42(40-58(52)60)39-47(45-36-34-44(35-37-45)43-19-6-3-7-20-43)41-46-21-12-13-26-50(46)53-29-18-32-57-59(53)54-28-15-17-31-56(54)61(57,48-22-8-4-9-23-48)49-24-10-5-11-25-49/h3-40H,41H2,1-2H3. The third kappa shape index (κ3) is 5.97. The molecule has 0 N–H and O–H groups in total. The minimum atomic E-state index is -0.452. The molecule has 0 nitrogen and oxygen atoms in total. The monoisotopic (exact) mass is 778 g/mol. The number of allylic oxidation sites excluding steroid dienone is 1. The zero-order chi connectivity index (χ0) is 41.0. The second-order valence-corrected chi connectivity index (χ2v) is 17.2. The molecule has 0 spiro atoms. The first-order chi connectivity index (χ1) is 30.0. The van der Waals surface area contributed by atoms with Gasteiger partial charge >= 0.3 is 0 Å². The van der Waals surface area contributed by atoms with Crippen LogP contribution in [0.5, 0.6) is 0 Å². The van der Waals surface area contributed by atoms with Crippen molar-refractivity contribution in [3.63, 3.8) is 0 Å². The van der Waals surface area contributed by atoms with E-state index < -0.39 is 5.41 Å². The summed E-state index contributed by atoms with van der Waals surface area (Å²) >= 11 is 0. The van der Waals surface area contributed by atoms with E-state index in [4.69, 9.17) is 0 Å². The summed E-state index contributed by atoms with van der Waals surface area (Å²) in [7, 11) is 0. The number of hydrogen-bond donors (Lipinski definition) is 0. The number of fused-ring (bicyclic) bond motifs is 6. The summed E-state index contributed by atoms with van der Waals surface area (Å²) < 4.78 is 0. The third-order valence-electron chi connectivity index (χ3n) is 13.5. The number of hydrogen-bond acceptors (Lipinski definition) is 0. The highest BCUT2D eigenvalue weighted by Gasteiger charge is 2.46. The Morgan fingerprint density at radius 1 is 0.393 bits per heavy atom. The summed E-state index contributed by atoms with van der Waals surface area (Å²) in [4.78, 5) is 0. The van der Waals surface area contributed by atoms with Gasteiger partial charge in [0.25, 0.3) is 0 Å². The van der Waals surface area contributed by atoms with Crippen LogP contribution in [0.2, 0.25) is 0 Å². The van der Waals surface area contributed by atoms with E-state index in [1.165, 1.54) is 100 Å². The maximum absolute atomic E-state index is 2.44. The Kier molecular flexibility index (Phi) is 8.90. The number of rotatable bonds is 8. The van der Waals surface area contributed by atoms with E-state index >= 15 is 0 Å². The lowest BCUT2D eigenvalue weighted by Crippen LogP contribution is -2.28. The van der Waals surface area contributed by atoms with Gasteiger partial charge in [-0.05, 0) is 107 Å². The van der Waals surface area contributed by atoms with Crippen molar-refractivity contribution >= 4 is 11.6 Å². The van der Waals surface area contributed by atoms with Crippen LogP contribution in [0, 0.1) is 0 Å². The highest BCUT2D eigenvalue weighted by atomic mass is 14.5. The summed E-state index contributed by atoms with van der Waals surface area (Å²) in [6, 6.07) is 83.2. The van der Waals surface area contributed by atoms with E-state index in [0.29, 0.717) is 0 Å². The van der Waals surface area contributed by atoms with Gasteiger partial charge in [-0.1, -0.05) is 244 Å². The molecule has 0 aliphatic heterocycles. The fraction of sp³-hybridized carbons (Fsp3) is 0.0820. The van der Waals surface area contributed by atoms with Crippen molar-refractivity contribution in [3.8, 4) is 44.5 Å². The van der Waals surface area contributed by atoms with Crippen molar-refractivity contribution in [1.82, 2.24) is 0 Å². The summed E-state index contributed by atoms with van der Waals surface area (Å²) in [5.41, 5.74) is 22.8. The van der Waals surface area contributed by atoms with Gasteiger partial charge in [0.1, 0.15) is 0 Å². The smallest absolute Gasteiger partial charge is 0.0622 e. The number of benzene rings is 9. The van der Waals surface area contributed by atoms with Gasteiger partial charge in [0.15, 0.2) is 0 Å². The average molecular weight is 779 g/mol. The highest BCUT2D eigenvalue weighted by Crippen LogP contribution is 2.58. The van der Waals surface area contributed by atoms with Crippen LogP contribution in [0.25, 0.3) is 56.2 Å². The molecular weight excluding hydrogens is 733 g/mol. The zero-order valence-corrected chi connectivity index (χ0v) is 34.6. The molecule has 0 radical (unpaired) electrons. The lowest BCUT2D eigenvalue weighted by Gasteiger charge is -2.34. The molecule has 9 aromatic carbocycles. The van der Waals surface area contributed by atoms with Crippen LogP contribution in [0.3, 0.4) is 0 Å². The molecule has 0 saturated carbocycles. The van der Waals surface area contributed by atoms with Crippen LogP contribution in [0.1, 0.15) is 63.9 Å². The largest absolute Gasteiger partial charge is 0.0713 e. The van der Waals surface area contributed by atoms with Crippen LogP contribution >= 0.6 is 0 Å². The summed E-state index contributed by atoms with van der Waals surface area (Å²) in [5, 5.41) is 0. The molecule has 290 valence electrons. The fourth-order valence-corrected chi connectivity index (χ4v) is 10.6. The van der Waals surface area contributed by atoms with E-state index in [2.05, 4.69) is 244 Å². The first-order valence-electron chi connectivity index (χ1n) is 21.6. The van der Waals surface area contributed by atoms with Crippen LogP contribution < -0.4 is 0 Å². The highest BCUT2D eigenvalue weighted by molar-refractivity contribution is 5.97. The van der Waals surface area contributed by atoms with Gasteiger partial charge < -0.3 is 0 Å². The van der Waals surface area contributed by atoms with E-state index in [1.54, 1.807) is 0 Å². The van der Waals surface area contributed by atoms with Crippen molar-refractivity contribution in [2.24, 2.45) is 0 Å². The molecule has 0 saturated heterocycles. The van der Waals surface area contributed by atoms with E-state index in [1.807, 2.05) is 0 Å². The summed E-state index contributed by atoms with van der Waals surface area (Å²) in [6.45, 7) is 4.73. The summed E-state index contributed by atoms with van der Waals surface area (Å²) in [5.74, 6) is 0. The SMILES string of the molecule is CC1(C)c2ccccc2-c2ccc(C=C(Cc3ccccc3-c3cccc4c3-c3ccccc3C4(c3ccccc3)c3ccccc3)c3ccc(-c4ccccc4)cc3)cc21. The van der Waals surface area contributed by atoms with Gasteiger partial charge in [-0.25, -0.2) is 0 Å². The quantitative estimate of drug-likeness (QED) is 0.135. The van der Waals surface area contributed by atoms with Gasteiger partial charge in [-0.3, -0.25) is 0 Å². The van der Waals surface area contributed by atoms with Gasteiger partial charge in [0.2, 0.25) is 0 Å². The topological polar surface area (TPSA) is 0 Å². The normalized spacial score (nSPS) is 14.2. The molecule has 9 aromatic rings. The van der Waals surface area contributed by atoms with E-state index in [0.717, 1.165) is 6.42 Å².